The summed E-state index contributed by atoms with van der Waals surface area (Å²) in [4.78, 5) is 4.41. The molecular weight excluding hydrogens is 226 g/mol. The number of hydrogen-bond donors (Lipinski definition) is 1. The lowest BCUT2D eigenvalue weighted by Gasteiger charge is -2.34. The topological polar surface area (TPSA) is 53.1 Å². The Balaban J connectivity index is 2.73. The van der Waals surface area contributed by atoms with Gasteiger partial charge in [-0.1, -0.05) is 13.8 Å². The Kier molecular flexibility index (Phi) is 5.82. The van der Waals surface area contributed by atoms with Gasteiger partial charge in [-0.3, -0.25) is 0 Å². The highest BCUT2D eigenvalue weighted by Gasteiger charge is 2.31. The Morgan fingerprint density at radius 3 is 2.72 bits per heavy atom. The van der Waals surface area contributed by atoms with Gasteiger partial charge in [-0.2, -0.15) is 0 Å². The van der Waals surface area contributed by atoms with E-state index in [9.17, 15) is 0 Å². The van der Waals surface area contributed by atoms with Crippen LogP contribution in [0.3, 0.4) is 0 Å². The molecule has 0 radical (unpaired) electrons. The standard InChI is InChI=1S/C14H27N3O/c1-5-9-17-10-8-16-13(17)11-12(15)14(4,6-2)18-7-3/h8,10,12H,5-7,9,11,15H2,1-4H3. The fourth-order valence-electron chi connectivity index (χ4n) is 2.19. The molecule has 18 heavy (non-hydrogen) atoms. The maximum absolute atomic E-state index is 6.33. The number of nitrogens with zero attached hydrogens (tertiary/aromatic N) is 2. The maximum atomic E-state index is 6.33. The molecule has 2 atom stereocenters. The van der Waals surface area contributed by atoms with Gasteiger partial charge in [0.25, 0.3) is 0 Å². The van der Waals surface area contributed by atoms with Crippen LogP contribution < -0.4 is 5.73 Å². The van der Waals surface area contributed by atoms with Gasteiger partial charge in [0.2, 0.25) is 0 Å². The molecular formula is C14H27N3O. The van der Waals surface area contributed by atoms with Crippen LogP contribution in [0.4, 0.5) is 0 Å². The monoisotopic (exact) mass is 253 g/mol. The van der Waals surface area contributed by atoms with Crippen molar-refractivity contribution in [1.29, 1.82) is 0 Å². The quantitative estimate of drug-likeness (QED) is 0.774. The first-order valence-electron chi connectivity index (χ1n) is 6.96. The largest absolute Gasteiger partial charge is 0.374 e. The van der Waals surface area contributed by atoms with Crippen molar-refractivity contribution in [1.82, 2.24) is 9.55 Å². The molecule has 2 N–H and O–H groups in total. The number of ether oxygens (including phenoxy) is 1. The average Bonchev–Trinajstić information content (AvgIpc) is 2.77. The van der Waals surface area contributed by atoms with Crippen LogP contribution in [-0.4, -0.2) is 27.8 Å². The zero-order valence-electron chi connectivity index (χ0n) is 12.1. The van der Waals surface area contributed by atoms with Gasteiger partial charge in [0.1, 0.15) is 5.82 Å². The molecule has 1 rings (SSSR count). The van der Waals surface area contributed by atoms with Gasteiger partial charge < -0.3 is 15.0 Å². The minimum absolute atomic E-state index is 0.0274. The maximum Gasteiger partial charge on any atom is 0.110 e. The summed E-state index contributed by atoms with van der Waals surface area (Å²) < 4.78 is 8.01. The van der Waals surface area contributed by atoms with Crippen LogP contribution in [0.15, 0.2) is 12.4 Å². The van der Waals surface area contributed by atoms with E-state index < -0.39 is 0 Å². The zero-order chi connectivity index (χ0) is 13.6. The van der Waals surface area contributed by atoms with E-state index in [0.717, 1.165) is 31.6 Å². The Morgan fingerprint density at radius 1 is 1.44 bits per heavy atom. The highest BCUT2D eigenvalue weighted by molar-refractivity contribution is 4.99. The van der Waals surface area contributed by atoms with E-state index in [1.165, 1.54) is 0 Å². The molecule has 4 nitrogen and oxygen atoms in total. The molecule has 104 valence electrons. The molecule has 0 aromatic carbocycles. The van der Waals surface area contributed by atoms with E-state index in [1.807, 2.05) is 19.3 Å². The highest BCUT2D eigenvalue weighted by atomic mass is 16.5. The molecule has 2 unspecified atom stereocenters. The summed E-state index contributed by atoms with van der Waals surface area (Å²) in [7, 11) is 0. The molecule has 0 aliphatic rings. The van der Waals surface area contributed by atoms with E-state index in [1.54, 1.807) is 0 Å². The smallest absolute Gasteiger partial charge is 0.110 e. The molecule has 0 aliphatic heterocycles. The summed E-state index contributed by atoms with van der Waals surface area (Å²) in [6.07, 6.45) is 6.65. The number of aryl methyl sites for hydroxylation is 1. The number of hydrogen-bond acceptors (Lipinski definition) is 3. The molecule has 0 fully saturated rings. The van der Waals surface area contributed by atoms with Gasteiger partial charge in [-0.25, -0.2) is 4.98 Å². The highest BCUT2D eigenvalue weighted by Crippen LogP contribution is 2.21. The molecule has 4 heteroatoms. The Labute approximate surface area is 111 Å². The number of aromatic nitrogens is 2. The fraction of sp³-hybridized carbons (Fsp3) is 0.786. The van der Waals surface area contributed by atoms with Gasteiger partial charge in [-0.15, -0.1) is 0 Å². The van der Waals surface area contributed by atoms with Crippen molar-refractivity contribution in [3.8, 4) is 0 Å². The minimum Gasteiger partial charge on any atom is -0.374 e. The van der Waals surface area contributed by atoms with Crippen molar-refractivity contribution in [2.24, 2.45) is 5.73 Å². The van der Waals surface area contributed by atoms with Gasteiger partial charge in [0.15, 0.2) is 0 Å². The van der Waals surface area contributed by atoms with Crippen molar-refractivity contribution >= 4 is 0 Å². The molecule has 1 aromatic rings. The van der Waals surface area contributed by atoms with Crippen molar-refractivity contribution in [2.75, 3.05) is 6.61 Å². The predicted molar refractivity (Wildman–Crippen MR) is 74.5 cm³/mol. The van der Waals surface area contributed by atoms with Crippen molar-refractivity contribution in [3.63, 3.8) is 0 Å². The van der Waals surface area contributed by atoms with Crippen molar-refractivity contribution in [2.45, 2.75) is 65.1 Å². The molecule has 0 bridgehead atoms. The van der Waals surface area contributed by atoms with Crippen LogP contribution in [0.2, 0.25) is 0 Å². The lowest BCUT2D eigenvalue weighted by atomic mass is 9.91. The molecule has 1 aromatic heterocycles. The lowest BCUT2D eigenvalue weighted by molar-refractivity contribution is -0.0466. The summed E-state index contributed by atoms with van der Waals surface area (Å²) >= 11 is 0. The Bertz CT molecular complexity index is 351. The molecule has 0 saturated carbocycles. The van der Waals surface area contributed by atoms with Crippen LogP contribution >= 0.6 is 0 Å². The third kappa shape index (κ3) is 3.56. The van der Waals surface area contributed by atoms with Gasteiger partial charge in [0.05, 0.1) is 5.60 Å². The molecule has 1 heterocycles. The summed E-state index contributed by atoms with van der Waals surface area (Å²) in [5.41, 5.74) is 6.06. The van der Waals surface area contributed by atoms with Crippen LogP contribution in [0, 0.1) is 0 Å². The average molecular weight is 253 g/mol. The summed E-state index contributed by atoms with van der Waals surface area (Å²) in [5, 5.41) is 0. The van der Waals surface area contributed by atoms with E-state index in [2.05, 4.69) is 30.3 Å². The van der Waals surface area contributed by atoms with Crippen molar-refractivity contribution < 1.29 is 4.74 Å². The first-order valence-corrected chi connectivity index (χ1v) is 6.96. The van der Waals surface area contributed by atoms with E-state index in [-0.39, 0.29) is 11.6 Å². The zero-order valence-corrected chi connectivity index (χ0v) is 12.1. The van der Waals surface area contributed by atoms with E-state index >= 15 is 0 Å². The Hall–Kier alpha value is -0.870. The first-order chi connectivity index (χ1) is 8.57. The second-order valence-electron chi connectivity index (χ2n) is 4.95. The molecule has 0 amide bonds. The van der Waals surface area contributed by atoms with Crippen LogP contribution in [-0.2, 0) is 17.7 Å². The SMILES string of the molecule is CCCn1ccnc1CC(N)C(C)(CC)OCC. The van der Waals surface area contributed by atoms with Gasteiger partial charge in [0, 0.05) is 38.0 Å². The molecule has 0 aliphatic carbocycles. The number of nitrogens with two attached hydrogens (primary N) is 1. The summed E-state index contributed by atoms with van der Waals surface area (Å²) in [6, 6.07) is -0.0274. The minimum atomic E-state index is -0.266. The van der Waals surface area contributed by atoms with E-state index in [4.69, 9.17) is 10.5 Å². The van der Waals surface area contributed by atoms with Gasteiger partial charge >= 0.3 is 0 Å². The lowest BCUT2D eigenvalue weighted by Crippen LogP contribution is -2.49. The third-order valence-electron chi connectivity index (χ3n) is 3.63. The first kappa shape index (κ1) is 15.2. The number of imidazole rings is 1. The normalized spacial score (nSPS) is 16.5. The van der Waals surface area contributed by atoms with Crippen LogP contribution in [0.5, 0.6) is 0 Å². The van der Waals surface area contributed by atoms with Crippen LogP contribution in [0.1, 0.15) is 46.4 Å². The van der Waals surface area contributed by atoms with Crippen LogP contribution in [0.25, 0.3) is 0 Å². The van der Waals surface area contributed by atoms with Crippen molar-refractivity contribution in [3.05, 3.63) is 18.2 Å². The summed E-state index contributed by atoms with van der Waals surface area (Å²) in [6.45, 7) is 10.1. The van der Waals surface area contributed by atoms with E-state index in [0.29, 0.717) is 6.61 Å². The molecule has 0 saturated heterocycles. The van der Waals surface area contributed by atoms with Gasteiger partial charge in [-0.05, 0) is 26.7 Å². The second kappa shape index (κ2) is 6.90. The Morgan fingerprint density at radius 2 is 2.17 bits per heavy atom. The molecule has 0 spiro atoms. The summed E-state index contributed by atoms with van der Waals surface area (Å²) in [5.74, 6) is 1.06. The number of rotatable bonds is 8. The predicted octanol–water partition coefficient (Wildman–Crippen LogP) is 2.37. The fourth-order valence-corrected chi connectivity index (χ4v) is 2.19. The second-order valence-corrected chi connectivity index (χ2v) is 4.95. The third-order valence-corrected chi connectivity index (χ3v) is 3.63.